The van der Waals surface area contributed by atoms with Crippen LogP contribution in [0.25, 0.3) is 0 Å². The minimum Gasteiger partial charge on any atom is -0.466 e. The van der Waals surface area contributed by atoms with Gasteiger partial charge in [-0.1, -0.05) is 30.3 Å². The van der Waals surface area contributed by atoms with Gasteiger partial charge in [-0.3, -0.25) is 9.78 Å². The molecule has 1 aromatic carbocycles. The van der Waals surface area contributed by atoms with Gasteiger partial charge in [0, 0.05) is 12.7 Å². The van der Waals surface area contributed by atoms with Crippen LogP contribution in [0.1, 0.15) is 44.5 Å². The van der Waals surface area contributed by atoms with E-state index in [0.29, 0.717) is 26.1 Å². The zero-order valence-electron chi connectivity index (χ0n) is 17.7. The predicted octanol–water partition coefficient (Wildman–Crippen LogP) is 4.17. The molecule has 1 amide bonds. The third kappa shape index (κ3) is 8.34. The van der Waals surface area contributed by atoms with Gasteiger partial charge in [-0.15, -0.1) is 0 Å². The van der Waals surface area contributed by atoms with Crippen molar-refractivity contribution in [1.29, 1.82) is 0 Å². The lowest BCUT2D eigenvalue weighted by atomic mass is 10.1. The Bertz CT molecular complexity index is 800. The lowest BCUT2D eigenvalue weighted by Gasteiger charge is -2.27. The number of esters is 1. The average Bonchev–Trinajstić information content (AvgIpc) is 2.65. The van der Waals surface area contributed by atoms with Crippen molar-refractivity contribution in [2.24, 2.45) is 0 Å². The number of amides is 1. The zero-order valence-corrected chi connectivity index (χ0v) is 17.7. The summed E-state index contributed by atoms with van der Waals surface area (Å²) >= 11 is 0. The molecule has 2 rings (SSSR count). The Labute approximate surface area is 172 Å². The normalized spacial score (nSPS) is 11.0. The Balaban J connectivity index is 2.06. The van der Waals surface area contributed by atoms with E-state index >= 15 is 0 Å². The van der Waals surface area contributed by atoms with Crippen molar-refractivity contribution < 1.29 is 19.1 Å². The van der Waals surface area contributed by atoms with E-state index in [4.69, 9.17) is 9.47 Å². The molecule has 0 bridgehead atoms. The Morgan fingerprint density at radius 2 is 1.83 bits per heavy atom. The number of rotatable bonds is 8. The number of carbonyl (C=O) groups is 2. The molecular weight excluding hydrogens is 368 g/mol. The lowest BCUT2D eigenvalue weighted by molar-refractivity contribution is -0.142. The van der Waals surface area contributed by atoms with Crippen LogP contribution in [-0.2, 0) is 33.7 Å². The van der Waals surface area contributed by atoms with Crippen LogP contribution in [0.2, 0.25) is 0 Å². The molecule has 0 saturated carbocycles. The van der Waals surface area contributed by atoms with Crippen molar-refractivity contribution in [2.45, 2.75) is 52.7 Å². The van der Waals surface area contributed by atoms with Gasteiger partial charge in [-0.25, -0.2) is 4.79 Å². The van der Waals surface area contributed by atoms with E-state index in [1.165, 1.54) is 0 Å². The summed E-state index contributed by atoms with van der Waals surface area (Å²) < 4.78 is 10.6. The van der Waals surface area contributed by atoms with Crippen LogP contribution in [0, 0.1) is 0 Å². The molecule has 2 aromatic rings. The molecule has 0 radical (unpaired) electrons. The van der Waals surface area contributed by atoms with Crippen LogP contribution in [0.5, 0.6) is 0 Å². The van der Waals surface area contributed by atoms with E-state index in [1.54, 1.807) is 18.0 Å². The largest absolute Gasteiger partial charge is 0.466 e. The van der Waals surface area contributed by atoms with Gasteiger partial charge in [0.2, 0.25) is 0 Å². The van der Waals surface area contributed by atoms with Gasteiger partial charge in [0.25, 0.3) is 0 Å². The van der Waals surface area contributed by atoms with Crippen molar-refractivity contribution in [3.05, 3.63) is 65.5 Å². The maximum atomic E-state index is 12.7. The highest BCUT2D eigenvalue weighted by Gasteiger charge is 2.22. The van der Waals surface area contributed by atoms with E-state index in [-0.39, 0.29) is 18.5 Å². The molecule has 0 unspecified atom stereocenters. The first-order valence-corrected chi connectivity index (χ1v) is 9.88. The number of nitrogens with zero attached hydrogens (tertiary/aromatic N) is 2. The van der Waals surface area contributed by atoms with Gasteiger partial charge in [-0.05, 0) is 57.4 Å². The van der Waals surface area contributed by atoms with Gasteiger partial charge in [-0.2, -0.15) is 0 Å². The smallest absolute Gasteiger partial charge is 0.410 e. The van der Waals surface area contributed by atoms with Crippen LogP contribution in [0.15, 0.2) is 48.7 Å². The van der Waals surface area contributed by atoms with Crippen LogP contribution in [0.3, 0.4) is 0 Å². The molecule has 0 aliphatic rings. The lowest BCUT2D eigenvalue weighted by Crippen LogP contribution is -2.37. The minimum atomic E-state index is -0.570. The molecule has 0 N–H and O–H groups in total. The second kappa shape index (κ2) is 10.6. The number of carbonyl (C=O) groups excluding carboxylic acids is 2. The van der Waals surface area contributed by atoms with Crippen molar-refractivity contribution >= 4 is 12.1 Å². The van der Waals surface area contributed by atoms with Gasteiger partial charge in [0.1, 0.15) is 5.60 Å². The minimum absolute atomic E-state index is 0.241. The standard InChI is InChI=1S/C23H30N2O4/c1-5-28-21(26)16-19-10-8-9-18(15-19)12-14-25(22(27)29-23(2,3)4)17-20-11-6-7-13-24-20/h6-11,13,15H,5,12,14,16-17H2,1-4H3. The Kier molecular flexibility index (Phi) is 8.19. The zero-order chi connectivity index (χ0) is 21.3. The molecular formula is C23H30N2O4. The van der Waals surface area contributed by atoms with E-state index in [2.05, 4.69) is 4.98 Å². The monoisotopic (exact) mass is 398 g/mol. The third-order valence-corrected chi connectivity index (χ3v) is 4.05. The second-order valence-electron chi connectivity index (χ2n) is 7.77. The first-order valence-electron chi connectivity index (χ1n) is 9.88. The van der Waals surface area contributed by atoms with Gasteiger partial charge in [0.05, 0.1) is 25.3 Å². The van der Waals surface area contributed by atoms with Crippen molar-refractivity contribution in [2.75, 3.05) is 13.2 Å². The molecule has 0 spiro atoms. The summed E-state index contributed by atoms with van der Waals surface area (Å²) in [7, 11) is 0. The highest BCUT2D eigenvalue weighted by Crippen LogP contribution is 2.14. The summed E-state index contributed by atoms with van der Waals surface area (Å²) in [6, 6.07) is 13.4. The third-order valence-electron chi connectivity index (χ3n) is 4.05. The summed E-state index contributed by atoms with van der Waals surface area (Å²) in [6.07, 6.45) is 2.22. The number of hydrogen-bond acceptors (Lipinski definition) is 5. The SMILES string of the molecule is CCOC(=O)Cc1cccc(CCN(Cc2ccccn2)C(=O)OC(C)(C)C)c1. The van der Waals surface area contributed by atoms with E-state index in [1.807, 2.05) is 63.2 Å². The number of benzene rings is 1. The van der Waals surface area contributed by atoms with Gasteiger partial charge < -0.3 is 14.4 Å². The fraction of sp³-hybridized carbons (Fsp3) is 0.435. The maximum absolute atomic E-state index is 12.7. The molecule has 1 heterocycles. The van der Waals surface area contributed by atoms with Crippen LogP contribution in [-0.4, -0.2) is 40.7 Å². The highest BCUT2D eigenvalue weighted by atomic mass is 16.6. The summed E-state index contributed by atoms with van der Waals surface area (Å²) in [5.41, 5.74) is 2.17. The Morgan fingerprint density at radius 1 is 1.07 bits per heavy atom. The molecule has 156 valence electrons. The molecule has 0 aliphatic heterocycles. The fourth-order valence-corrected chi connectivity index (χ4v) is 2.79. The molecule has 6 nitrogen and oxygen atoms in total. The molecule has 0 fully saturated rings. The van der Waals surface area contributed by atoms with Crippen LogP contribution in [0.4, 0.5) is 4.79 Å². The number of ether oxygens (including phenoxy) is 2. The predicted molar refractivity (Wildman–Crippen MR) is 111 cm³/mol. The molecule has 0 aliphatic carbocycles. The van der Waals surface area contributed by atoms with Gasteiger partial charge >= 0.3 is 12.1 Å². The first-order chi connectivity index (χ1) is 13.8. The van der Waals surface area contributed by atoms with E-state index < -0.39 is 5.60 Å². The van der Waals surface area contributed by atoms with Crippen molar-refractivity contribution in [1.82, 2.24) is 9.88 Å². The number of aromatic nitrogens is 1. The summed E-state index contributed by atoms with van der Waals surface area (Å²) in [4.78, 5) is 30.4. The number of hydrogen-bond donors (Lipinski definition) is 0. The molecule has 1 aromatic heterocycles. The van der Waals surface area contributed by atoms with Crippen molar-refractivity contribution in [3.8, 4) is 0 Å². The topological polar surface area (TPSA) is 68.7 Å². The summed E-state index contributed by atoms with van der Waals surface area (Å²) in [5.74, 6) is -0.241. The first kappa shape index (κ1) is 22.4. The van der Waals surface area contributed by atoms with E-state index in [0.717, 1.165) is 16.8 Å². The Morgan fingerprint density at radius 3 is 2.48 bits per heavy atom. The number of pyridine rings is 1. The molecule has 0 atom stereocenters. The summed E-state index contributed by atoms with van der Waals surface area (Å²) in [5, 5.41) is 0. The fourth-order valence-electron chi connectivity index (χ4n) is 2.79. The maximum Gasteiger partial charge on any atom is 0.410 e. The van der Waals surface area contributed by atoms with Crippen LogP contribution < -0.4 is 0 Å². The van der Waals surface area contributed by atoms with E-state index in [9.17, 15) is 9.59 Å². The molecule has 6 heteroatoms. The van der Waals surface area contributed by atoms with Crippen molar-refractivity contribution in [3.63, 3.8) is 0 Å². The highest BCUT2D eigenvalue weighted by molar-refractivity contribution is 5.72. The average molecular weight is 399 g/mol. The van der Waals surface area contributed by atoms with Crippen LogP contribution >= 0.6 is 0 Å². The Hall–Kier alpha value is -2.89. The molecule has 29 heavy (non-hydrogen) atoms. The molecule has 0 saturated heterocycles. The second-order valence-corrected chi connectivity index (χ2v) is 7.77. The summed E-state index contributed by atoms with van der Waals surface area (Å²) in [6.45, 7) is 8.57. The quantitative estimate of drug-likeness (QED) is 0.625. The van der Waals surface area contributed by atoms with Gasteiger partial charge in [0.15, 0.2) is 0 Å².